The summed E-state index contributed by atoms with van der Waals surface area (Å²) in [5.74, 6) is 0.549. The van der Waals surface area contributed by atoms with Crippen molar-refractivity contribution < 1.29 is 4.79 Å². The fourth-order valence-corrected chi connectivity index (χ4v) is 2.34. The molecule has 0 aromatic carbocycles. The minimum atomic E-state index is -0.0624. The molecule has 0 N–H and O–H groups in total. The highest BCUT2D eigenvalue weighted by Gasteiger charge is 2.39. The fourth-order valence-electron chi connectivity index (χ4n) is 2.34. The Labute approximate surface area is 81.2 Å². The summed E-state index contributed by atoms with van der Waals surface area (Å²) in [6.45, 7) is 8.32. The third-order valence-corrected chi connectivity index (χ3v) is 3.57. The predicted molar refractivity (Wildman–Crippen MR) is 55.6 cm³/mol. The lowest BCUT2D eigenvalue weighted by Crippen LogP contribution is -2.25. The van der Waals surface area contributed by atoms with Gasteiger partial charge in [-0.1, -0.05) is 32.4 Å². The number of hydrogen-bond acceptors (Lipinski definition) is 1. The Bertz CT molecular complexity index is 207. The summed E-state index contributed by atoms with van der Waals surface area (Å²) in [6.07, 6.45) is 6.57. The van der Waals surface area contributed by atoms with Gasteiger partial charge in [-0.25, -0.2) is 0 Å². The second-order valence-corrected chi connectivity index (χ2v) is 4.42. The molecule has 1 fully saturated rings. The molecule has 1 aliphatic carbocycles. The van der Waals surface area contributed by atoms with Gasteiger partial charge in [-0.2, -0.15) is 0 Å². The van der Waals surface area contributed by atoms with Crippen LogP contribution in [0.4, 0.5) is 0 Å². The van der Waals surface area contributed by atoms with Gasteiger partial charge in [0.1, 0.15) is 6.29 Å². The van der Waals surface area contributed by atoms with Crippen LogP contribution in [-0.4, -0.2) is 6.29 Å². The van der Waals surface area contributed by atoms with E-state index < -0.39 is 0 Å². The third kappa shape index (κ3) is 2.01. The van der Waals surface area contributed by atoms with Crippen LogP contribution in [0.25, 0.3) is 0 Å². The molecule has 1 rings (SSSR count). The van der Waals surface area contributed by atoms with Crippen LogP contribution in [0.3, 0.4) is 0 Å². The number of carbonyl (C=O) groups is 1. The van der Waals surface area contributed by atoms with Gasteiger partial charge < -0.3 is 4.79 Å². The van der Waals surface area contributed by atoms with Crippen molar-refractivity contribution in [1.82, 2.24) is 0 Å². The van der Waals surface area contributed by atoms with Crippen molar-refractivity contribution in [2.75, 3.05) is 0 Å². The van der Waals surface area contributed by atoms with E-state index in [0.29, 0.717) is 5.92 Å². The molecule has 0 aromatic rings. The maximum atomic E-state index is 11.1. The molecule has 0 amide bonds. The van der Waals surface area contributed by atoms with E-state index in [-0.39, 0.29) is 5.41 Å². The Balaban J connectivity index is 2.69. The highest BCUT2D eigenvalue weighted by atomic mass is 16.1. The second-order valence-electron chi connectivity index (χ2n) is 4.42. The normalized spacial score (nSPS) is 33.2. The van der Waals surface area contributed by atoms with Crippen LogP contribution in [-0.2, 0) is 4.79 Å². The molecular weight excluding hydrogens is 160 g/mol. The molecule has 0 aromatic heterocycles. The van der Waals surface area contributed by atoms with E-state index in [1.807, 2.05) is 0 Å². The van der Waals surface area contributed by atoms with Crippen molar-refractivity contribution in [3.63, 3.8) is 0 Å². The lowest BCUT2D eigenvalue weighted by molar-refractivity contribution is -0.117. The first kappa shape index (κ1) is 10.5. The van der Waals surface area contributed by atoms with Crippen molar-refractivity contribution in [3.8, 4) is 0 Å². The van der Waals surface area contributed by atoms with Crippen LogP contribution in [0.15, 0.2) is 12.2 Å². The highest BCUT2D eigenvalue weighted by molar-refractivity contribution is 5.61. The van der Waals surface area contributed by atoms with Crippen LogP contribution in [0.1, 0.15) is 46.0 Å². The Morgan fingerprint density at radius 1 is 1.69 bits per heavy atom. The number of rotatable bonds is 4. The van der Waals surface area contributed by atoms with Gasteiger partial charge >= 0.3 is 0 Å². The Morgan fingerprint density at radius 2 is 2.38 bits per heavy atom. The summed E-state index contributed by atoms with van der Waals surface area (Å²) in [6, 6.07) is 0. The topological polar surface area (TPSA) is 17.1 Å². The molecule has 0 saturated heterocycles. The van der Waals surface area contributed by atoms with E-state index in [0.717, 1.165) is 19.3 Å². The molecular formula is C12H20O. The molecule has 1 saturated carbocycles. The molecule has 2 atom stereocenters. The number of carbonyl (C=O) groups excluding carboxylic acids is 1. The van der Waals surface area contributed by atoms with Crippen molar-refractivity contribution in [3.05, 3.63) is 12.2 Å². The average Bonchev–Trinajstić information content (AvgIpc) is 2.48. The first-order valence-electron chi connectivity index (χ1n) is 5.27. The molecule has 1 aliphatic rings. The summed E-state index contributed by atoms with van der Waals surface area (Å²) >= 11 is 0. The quantitative estimate of drug-likeness (QED) is 0.479. The summed E-state index contributed by atoms with van der Waals surface area (Å²) in [4.78, 5) is 11.1. The van der Waals surface area contributed by atoms with Gasteiger partial charge in [-0.15, -0.1) is 0 Å². The molecule has 0 heterocycles. The van der Waals surface area contributed by atoms with Crippen LogP contribution < -0.4 is 0 Å². The monoisotopic (exact) mass is 180 g/mol. The molecule has 1 heteroatoms. The lowest BCUT2D eigenvalue weighted by atomic mass is 9.75. The highest BCUT2D eigenvalue weighted by Crippen LogP contribution is 2.45. The maximum absolute atomic E-state index is 11.1. The van der Waals surface area contributed by atoms with Crippen molar-refractivity contribution in [2.24, 2.45) is 11.3 Å². The summed E-state index contributed by atoms with van der Waals surface area (Å²) < 4.78 is 0. The molecule has 1 nitrogen and oxygen atoms in total. The molecule has 0 spiro atoms. The number of allylic oxidation sites excluding steroid dienone is 1. The zero-order valence-electron chi connectivity index (χ0n) is 8.81. The molecule has 0 radical (unpaired) electrons. The Hall–Kier alpha value is -0.590. The smallest absolute Gasteiger partial charge is 0.126 e. The standard InChI is InChI=1S/C12H20O/c1-4-10(2)8-12(9-13)7-5-6-11(12)3/h9,11H,2,4-8H2,1,3H3. The summed E-state index contributed by atoms with van der Waals surface area (Å²) in [5.41, 5.74) is 1.16. The van der Waals surface area contributed by atoms with Gasteiger partial charge in [-0.3, -0.25) is 0 Å². The third-order valence-electron chi connectivity index (χ3n) is 3.57. The average molecular weight is 180 g/mol. The Morgan fingerprint density at radius 3 is 2.77 bits per heavy atom. The predicted octanol–water partition coefficient (Wildman–Crippen LogP) is 3.35. The van der Waals surface area contributed by atoms with Crippen LogP contribution in [0.5, 0.6) is 0 Å². The van der Waals surface area contributed by atoms with E-state index in [1.165, 1.54) is 24.7 Å². The van der Waals surface area contributed by atoms with Gasteiger partial charge in [0.2, 0.25) is 0 Å². The zero-order valence-corrected chi connectivity index (χ0v) is 8.81. The van der Waals surface area contributed by atoms with Gasteiger partial charge in [-0.05, 0) is 31.6 Å². The van der Waals surface area contributed by atoms with Gasteiger partial charge in [0.25, 0.3) is 0 Å². The van der Waals surface area contributed by atoms with Crippen molar-refractivity contribution in [2.45, 2.75) is 46.0 Å². The van der Waals surface area contributed by atoms with Crippen LogP contribution in [0, 0.1) is 11.3 Å². The SMILES string of the molecule is C=C(CC)CC1(C=O)CCCC1C. The molecule has 0 bridgehead atoms. The largest absolute Gasteiger partial charge is 0.303 e. The summed E-state index contributed by atoms with van der Waals surface area (Å²) in [7, 11) is 0. The fraction of sp³-hybridized carbons (Fsp3) is 0.750. The van der Waals surface area contributed by atoms with E-state index in [9.17, 15) is 4.79 Å². The second kappa shape index (κ2) is 4.08. The minimum absolute atomic E-state index is 0.0624. The first-order chi connectivity index (χ1) is 6.14. The van der Waals surface area contributed by atoms with E-state index in [2.05, 4.69) is 20.4 Å². The van der Waals surface area contributed by atoms with E-state index in [4.69, 9.17) is 0 Å². The van der Waals surface area contributed by atoms with Gasteiger partial charge in [0, 0.05) is 5.41 Å². The zero-order chi connectivity index (χ0) is 9.90. The van der Waals surface area contributed by atoms with Crippen molar-refractivity contribution >= 4 is 6.29 Å². The van der Waals surface area contributed by atoms with Gasteiger partial charge in [0.05, 0.1) is 0 Å². The van der Waals surface area contributed by atoms with E-state index >= 15 is 0 Å². The van der Waals surface area contributed by atoms with Crippen LogP contribution >= 0.6 is 0 Å². The number of aldehydes is 1. The first-order valence-corrected chi connectivity index (χ1v) is 5.27. The lowest BCUT2D eigenvalue weighted by Gasteiger charge is -2.28. The van der Waals surface area contributed by atoms with E-state index in [1.54, 1.807) is 0 Å². The minimum Gasteiger partial charge on any atom is -0.303 e. The van der Waals surface area contributed by atoms with Gasteiger partial charge in [0.15, 0.2) is 0 Å². The Kier molecular flexibility index (Phi) is 3.29. The maximum Gasteiger partial charge on any atom is 0.126 e. The summed E-state index contributed by atoms with van der Waals surface area (Å²) in [5, 5.41) is 0. The van der Waals surface area contributed by atoms with Crippen LogP contribution in [0.2, 0.25) is 0 Å². The molecule has 2 unspecified atom stereocenters. The molecule has 0 aliphatic heterocycles. The molecule has 74 valence electrons. The molecule has 13 heavy (non-hydrogen) atoms. The van der Waals surface area contributed by atoms with Crippen molar-refractivity contribution in [1.29, 1.82) is 0 Å². The number of hydrogen-bond donors (Lipinski definition) is 0.